The summed E-state index contributed by atoms with van der Waals surface area (Å²) in [4.78, 5) is 26.5. The zero-order valence-corrected chi connectivity index (χ0v) is 11.6. The fourth-order valence-electron chi connectivity index (χ4n) is 2.32. The third kappa shape index (κ3) is 3.41. The first kappa shape index (κ1) is 13.6. The first-order valence-electron chi connectivity index (χ1n) is 6.87. The molecule has 0 N–H and O–H groups in total. The van der Waals surface area contributed by atoms with Gasteiger partial charge in [0.05, 0.1) is 31.5 Å². The minimum absolute atomic E-state index is 0.0835. The summed E-state index contributed by atoms with van der Waals surface area (Å²) < 4.78 is 5.69. The van der Waals surface area contributed by atoms with E-state index in [9.17, 15) is 4.79 Å². The molecule has 1 saturated heterocycles. The molecule has 0 aromatic carbocycles. The lowest BCUT2D eigenvalue weighted by atomic mass is 10.1. The quantitative estimate of drug-likeness (QED) is 0.841. The van der Waals surface area contributed by atoms with Gasteiger partial charge in [0.25, 0.3) is 0 Å². The fourth-order valence-corrected chi connectivity index (χ4v) is 2.32. The van der Waals surface area contributed by atoms with E-state index in [4.69, 9.17) is 4.74 Å². The van der Waals surface area contributed by atoms with E-state index in [-0.39, 0.29) is 12.0 Å². The molecule has 1 aliphatic heterocycles. The van der Waals surface area contributed by atoms with E-state index >= 15 is 0 Å². The highest BCUT2D eigenvalue weighted by molar-refractivity contribution is 5.78. The van der Waals surface area contributed by atoms with Crippen molar-refractivity contribution in [2.24, 2.45) is 0 Å². The maximum Gasteiger partial charge on any atom is 0.227 e. The van der Waals surface area contributed by atoms with Crippen LogP contribution in [0.15, 0.2) is 43.1 Å². The second kappa shape index (κ2) is 6.41. The van der Waals surface area contributed by atoms with E-state index < -0.39 is 0 Å². The number of nitrogens with zero attached hydrogens (tertiary/aromatic N) is 4. The van der Waals surface area contributed by atoms with Crippen LogP contribution in [-0.2, 0) is 16.0 Å². The average molecular weight is 284 g/mol. The van der Waals surface area contributed by atoms with Gasteiger partial charge >= 0.3 is 0 Å². The van der Waals surface area contributed by atoms with Gasteiger partial charge < -0.3 is 9.64 Å². The van der Waals surface area contributed by atoms with Crippen LogP contribution in [-0.4, -0.2) is 45.5 Å². The summed E-state index contributed by atoms with van der Waals surface area (Å²) in [6.07, 6.45) is 8.52. The number of rotatable bonds is 3. The summed E-state index contributed by atoms with van der Waals surface area (Å²) in [5, 5.41) is 0. The molecule has 2 aromatic rings. The first-order chi connectivity index (χ1) is 10.3. The van der Waals surface area contributed by atoms with Crippen molar-refractivity contribution >= 4 is 5.91 Å². The average Bonchev–Trinajstić information content (AvgIpc) is 2.57. The Labute approximate surface area is 122 Å². The van der Waals surface area contributed by atoms with Crippen LogP contribution in [0.2, 0.25) is 0 Å². The maximum absolute atomic E-state index is 12.4. The second-order valence-electron chi connectivity index (χ2n) is 4.87. The molecule has 0 spiro atoms. The van der Waals surface area contributed by atoms with Crippen LogP contribution < -0.4 is 0 Å². The zero-order valence-electron chi connectivity index (χ0n) is 11.6. The molecule has 1 amide bonds. The van der Waals surface area contributed by atoms with Gasteiger partial charge in [0.15, 0.2) is 0 Å². The summed E-state index contributed by atoms with van der Waals surface area (Å²) in [5.74, 6) is 0.0835. The Morgan fingerprint density at radius 2 is 2.19 bits per heavy atom. The van der Waals surface area contributed by atoms with Crippen molar-refractivity contribution in [1.82, 2.24) is 19.9 Å². The molecule has 0 bridgehead atoms. The third-order valence-electron chi connectivity index (χ3n) is 3.41. The van der Waals surface area contributed by atoms with Gasteiger partial charge in [-0.05, 0) is 11.6 Å². The molecule has 6 heteroatoms. The molecule has 1 fully saturated rings. The van der Waals surface area contributed by atoms with E-state index in [1.165, 1.54) is 0 Å². The summed E-state index contributed by atoms with van der Waals surface area (Å²) in [6, 6.07) is 3.75. The van der Waals surface area contributed by atoms with Crippen LogP contribution in [0.5, 0.6) is 0 Å². The lowest BCUT2D eigenvalue weighted by molar-refractivity contribution is -0.138. The number of ether oxygens (including phenoxy) is 1. The smallest absolute Gasteiger partial charge is 0.227 e. The van der Waals surface area contributed by atoms with Crippen molar-refractivity contribution in [3.63, 3.8) is 0 Å². The molecule has 21 heavy (non-hydrogen) atoms. The third-order valence-corrected chi connectivity index (χ3v) is 3.41. The lowest BCUT2D eigenvalue weighted by Gasteiger charge is -2.32. The summed E-state index contributed by atoms with van der Waals surface area (Å²) in [5.41, 5.74) is 1.68. The number of carbonyl (C=O) groups is 1. The maximum atomic E-state index is 12.4. The van der Waals surface area contributed by atoms with Gasteiger partial charge in [0.2, 0.25) is 5.91 Å². The number of pyridine rings is 1. The van der Waals surface area contributed by atoms with Gasteiger partial charge in [-0.15, -0.1) is 0 Å². The molecule has 0 aliphatic carbocycles. The van der Waals surface area contributed by atoms with E-state index in [2.05, 4.69) is 15.0 Å². The molecule has 6 nitrogen and oxygen atoms in total. The molecular formula is C15H16N4O2. The molecule has 3 heterocycles. The minimum Gasteiger partial charge on any atom is -0.368 e. The Hall–Kier alpha value is -2.34. The fraction of sp³-hybridized carbons (Fsp3) is 0.333. The van der Waals surface area contributed by atoms with Crippen LogP contribution in [0.25, 0.3) is 0 Å². The van der Waals surface area contributed by atoms with E-state index in [1.54, 1.807) is 31.0 Å². The van der Waals surface area contributed by atoms with Crippen molar-refractivity contribution in [2.45, 2.75) is 12.5 Å². The van der Waals surface area contributed by atoms with Crippen LogP contribution in [0, 0.1) is 0 Å². The molecule has 3 rings (SSSR count). The van der Waals surface area contributed by atoms with Crippen molar-refractivity contribution < 1.29 is 9.53 Å². The molecule has 0 saturated carbocycles. The lowest BCUT2D eigenvalue weighted by Crippen LogP contribution is -2.43. The van der Waals surface area contributed by atoms with Crippen molar-refractivity contribution in [3.05, 3.63) is 54.4 Å². The monoisotopic (exact) mass is 284 g/mol. The van der Waals surface area contributed by atoms with Crippen LogP contribution in [0.4, 0.5) is 0 Å². The highest BCUT2D eigenvalue weighted by Gasteiger charge is 2.26. The Kier molecular flexibility index (Phi) is 4.16. The highest BCUT2D eigenvalue weighted by atomic mass is 16.5. The van der Waals surface area contributed by atoms with Crippen LogP contribution in [0.3, 0.4) is 0 Å². The number of hydrogen-bond donors (Lipinski definition) is 0. The largest absolute Gasteiger partial charge is 0.368 e. The molecular weight excluding hydrogens is 268 g/mol. The minimum atomic E-state index is -0.203. The van der Waals surface area contributed by atoms with Gasteiger partial charge in [-0.25, -0.2) is 0 Å². The Morgan fingerprint density at radius 3 is 2.95 bits per heavy atom. The SMILES string of the molecule is O=C(Cc1cccnc1)N1CCO[C@@H](c2cnccn2)C1. The zero-order chi connectivity index (χ0) is 14.5. The summed E-state index contributed by atoms with van der Waals surface area (Å²) in [7, 11) is 0. The standard InChI is InChI=1S/C15H16N4O2/c20-15(8-12-2-1-3-16-9-12)19-6-7-21-14(11-19)13-10-17-4-5-18-13/h1-5,9-10,14H,6-8,11H2/t14-/m1/s1. The van der Waals surface area contributed by atoms with Crippen molar-refractivity contribution in [1.29, 1.82) is 0 Å². The Morgan fingerprint density at radius 1 is 1.29 bits per heavy atom. The van der Waals surface area contributed by atoms with Gasteiger partial charge in [-0.3, -0.25) is 19.7 Å². The molecule has 0 unspecified atom stereocenters. The molecule has 108 valence electrons. The van der Waals surface area contributed by atoms with Gasteiger partial charge in [0.1, 0.15) is 6.10 Å². The van der Waals surface area contributed by atoms with Crippen LogP contribution in [0.1, 0.15) is 17.4 Å². The predicted octanol–water partition coefficient (Wildman–Crippen LogP) is 1.01. The van der Waals surface area contributed by atoms with Crippen molar-refractivity contribution in [3.8, 4) is 0 Å². The predicted molar refractivity (Wildman–Crippen MR) is 75.2 cm³/mol. The van der Waals surface area contributed by atoms with Crippen LogP contribution >= 0.6 is 0 Å². The van der Waals surface area contributed by atoms with E-state index in [0.717, 1.165) is 11.3 Å². The van der Waals surface area contributed by atoms with Gasteiger partial charge in [-0.2, -0.15) is 0 Å². The normalized spacial score (nSPS) is 18.5. The molecule has 1 atom stereocenters. The number of aromatic nitrogens is 3. The topological polar surface area (TPSA) is 68.2 Å². The summed E-state index contributed by atoms with van der Waals surface area (Å²) >= 11 is 0. The number of hydrogen-bond acceptors (Lipinski definition) is 5. The Balaban J connectivity index is 1.64. The van der Waals surface area contributed by atoms with E-state index in [1.807, 2.05) is 17.0 Å². The highest BCUT2D eigenvalue weighted by Crippen LogP contribution is 2.20. The molecule has 1 aliphatic rings. The van der Waals surface area contributed by atoms with E-state index in [0.29, 0.717) is 26.1 Å². The number of amides is 1. The number of morpholine rings is 1. The first-order valence-corrected chi connectivity index (χ1v) is 6.87. The molecule has 0 radical (unpaired) electrons. The number of carbonyl (C=O) groups excluding carboxylic acids is 1. The van der Waals surface area contributed by atoms with Gasteiger partial charge in [0, 0.05) is 31.3 Å². The van der Waals surface area contributed by atoms with Gasteiger partial charge in [-0.1, -0.05) is 6.07 Å². The Bertz CT molecular complexity index is 591. The van der Waals surface area contributed by atoms with Crippen molar-refractivity contribution in [2.75, 3.05) is 19.7 Å². The summed E-state index contributed by atoms with van der Waals surface area (Å²) in [6.45, 7) is 1.63. The molecule has 2 aromatic heterocycles. The second-order valence-corrected chi connectivity index (χ2v) is 4.87.